The molecule has 0 spiro atoms. The quantitative estimate of drug-likeness (QED) is 0.500. The van der Waals surface area contributed by atoms with Crippen LogP contribution in [-0.4, -0.2) is 23.5 Å². The maximum absolute atomic E-state index is 11.5. The van der Waals surface area contributed by atoms with Crippen LogP contribution in [0.15, 0.2) is 24.3 Å². The van der Waals surface area contributed by atoms with E-state index in [2.05, 4.69) is 5.32 Å². The van der Waals surface area contributed by atoms with Crippen LogP contribution in [0.4, 0.5) is 5.69 Å². The number of aliphatic carboxylic acids is 1. The first-order valence-corrected chi connectivity index (χ1v) is 5.91. The lowest BCUT2D eigenvalue weighted by Crippen LogP contribution is -2.26. The first-order valence-electron chi connectivity index (χ1n) is 5.91. The number of unbranched alkanes of at least 4 members (excludes halogenated alkanes) is 1. The monoisotopic (exact) mass is 250 g/mol. The maximum Gasteiger partial charge on any atom is 0.303 e. The molecule has 0 aliphatic rings. The van der Waals surface area contributed by atoms with Gasteiger partial charge in [0.05, 0.1) is 6.42 Å². The van der Waals surface area contributed by atoms with Crippen LogP contribution >= 0.6 is 0 Å². The molecule has 0 radical (unpaired) electrons. The third kappa shape index (κ3) is 5.89. The molecule has 18 heavy (non-hydrogen) atoms. The fraction of sp³-hybridized carbons (Fsp3) is 0.385. The predicted octanol–water partition coefficient (Wildman–Crippen LogP) is 1.18. The Morgan fingerprint density at radius 2 is 1.83 bits per heavy atom. The molecule has 5 nitrogen and oxygen atoms in total. The minimum atomic E-state index is -0.803. The fourth-order valence-electron chi connectivity index (χ4n) is 1.51. The molecule has 1 aromatic rings. The van der Waals surface area contributed by atoms with Crippen molar-refractivity contribution in [3.63, 3.8) is 0 Å². The summed E-state index contributed by atoms with van der Waals surface area (Å²) in [6.07, 6.45) is 1.73. The van der Waals surface area contributed by atoms with Crippen LogP contribution in [0, 0.1) is 0 Å². The normalized spacial score (nSPS) is 10.0. The summed E-state index contributed by atoms with van der Waals surface area (Å²) in [4.78, 5) is 21.8. The molecule has 0 fully saturated rings. The number of hydrogen-bond acceptors (Lipinski definition) is 3. The number of nitrogens with one attached hydrogen (secondary N) is 1. The van der Waals surface area contributed by atoms with Crippen molar-refractivity contribution < 1.29 is 14.7 Å². The summed E-state index contributed by atoms with van der Waals surface area (Å²) < 4.78 is 0. The largest absolute Gasteiger partial charge is 0.481 e. The number of carboxylic acids is 1. The zero-order chi connectivity index (χ0) is 13.4. The lowest BCUT2D eigenvalue weighted by atomic mass is 10.1. The highest BCUT2D eigenvalue weighted by atomic mass is 16.4. The number of carbonyl (C=O) groups is 2. The van der Waals surface area contributed by atoms with Crippen LogP contribution in [0.1, 0.15) is 24.8 Å². The van der Waals surface area contributed by atoms with Gasteiger partial charge >= 0.3 is 5.97 Å². The lowest BCUT2D eigenvalue weighted by Gasteiger charge is -2.05. The summed E-state index contributed by atoms with van der Waals surface area (Å²) in [6, 6.07) is 7.16. The van der Waals surface area contributed by atoms with Crippen molar-refractivity contribution in [1.82, 2.24) is 5.32 Å². The van der Waals surface area contributed by atoms with Crippen molar-refractivity contribution in [3.8, 4) is 0 Å². The fourth-order valence-corrected chi connectivity index (χ4v) is 1.51. The minimum Gasteiger partial charge on any atom is -0.481 e. The van der Waals surface area contributed by atoms with E-state index in [0.29, 0.717) is 31.5 Å². The van der Waals surface area contributed by atoms with Gasteiger partial charge in [-0.2, -0.15) is 0 Å². The van der Waals surface area contributed by atoms with Gasteiger partial charge in [-0.1, -0.05) is 12.1 Å². The van der Waals surface area contributed by atoms with Gasteiger partial charge in [-0.05, 0) is 30.5 Å². The molecule has 1 aromatic carbocycles. The van der Waals surface area contributed by atoms with E-state index in [1.165, 1.54) is 0 Å². The van der Waals surface area contributed by atoms with Gasteiger partial charge in [0.2, 0.25) is 5.91 Å². The summed E-state index contributed by atoms with van der Waals surface area (Å²) in [7, 11) is 0. The number of anilines is 1. The Balaban J connectivity index is 2.17. The van der Waals surface area contributed by atoms with Crippen LogP contribution in [-0.2, 0) is 16.0 Å². The molecule has 0 bridgehead atoms. The Morgan fingerprint density at radius 1 is 1.17 bits per heavy atom. The van der Waals surface area contributed by atoms with Gasteiger partial charge < -0.3 is 16.2 Å². The second-order valence-electron chi connectivity index (χ2n) is 4.12. The van der Waals surface area contributed by atoms with E-state index in [1.807, 2.05) is 12.1 Å². The second-order valence-corrected chi connectivity index (χ2v) is 4.12. The van der Waals surface area contributed by atoms with Crippen molar-refractivity contribution >= 4 is 17.6 Å². The van der Waals surface area contributed by atoms with E-state index < -0.39 is 5.97 Å². The third-order valence-corrected chi connectivity index (χ3v) is 2.48. The average molecular weight is 250 g/mol. The number of carbonyl (C=O) groups excluding carboxylic acids is 1. The van der Waals surface area contributed by atoms with Crippen molar-refractivity contribution in [2.45, 2.75) is 25.7 Å². The Labute approximate surface area is 106 Å². The number of rotatable bonds is 7. The second kappa shape index (κ2) is 7.32. The first-order chi connectivity index (χ1) is 8.58. The van der Waals surface area contributed by atoms with E-state index in [-0.39, 0.29) is 12.3 Å². The predicted molar refractivity (Wildman–Crippen MR) is 69.1 cm³/mol. The standard InChI is InChI=1S/C13H18N2O3/c14-11-6-4-10(5-7-11)9-12(16)15-8-2-1-3-13(17)18/h4-7H,1-3,8-9,14H2,(H,15,16)(H,17,18). The SMILES string of the molecule is Nc1ccc(CC(=O)NCCCCC(=O)O)cc1. The summed E-state index contributed by atoms with van der Waals surface area (Å²) in [6.45, 7) is 0.515. The van der Waals surface area contributed by atoms with Gasteiger partial charge in [-0.15, -0.1) is 0 Å². The van der Waals surface area contributed by atoms with Crippen LogP contribution < -0.4 is 11.1 Å². The highest BCUT2D eigenvalue weighted by Crippen LogP contribution is 2.05. The molecule has 0 aliphatic carbocycles. The smallest absolute Gasteiger partial charge is 0.303 e. The lowest BCUT2D eigenvalue weighted by molar-refractivity contribution is -0.137. The number of nitrogens with two attached hydrogens (primary N) is 1. The van der Waals surface area contributed by atoms with E-state index in [0.717, 1.165) is 5.56 Å². The molecular weight excluding hydrogens is 232 g/mol. The van der Waals surface area contributed by atoms with Gasteiger partial charge in [-0.3, -0.25) is 9.59 Å². The van der Waals surface area contributed by atoms with Crippen molar-refractivity contribution in [3.05, 3.63) is 29.8 Å². The number of hydrogen-bond donors (Lipinski definition) is 3. The number of nitrogen functional groups attached to an aromatic ring is 1. The molecule has 1 rings (SSSR count). The van der Waals surface area contributed by atoms with Crippen molar-refractivity contribution in [2.75, 3.05) is 12.3 Å². The molecule has 0 saturated heterocycles. The molecule has 0 heterocycles. The molecule has 4 N–H and O–H groups in total. The maximum atomic E-state index is 11.5. The van der Waals surface area contributed by atoms with Crippen LogP contribution in [0.3, 0.4) is 0 Å². The molecular formula is C13H18N2O3. The molecule has 0 atom stereocenters. The average Bonchev–Trinajstić information content (AvgIpc) is 2.31. The van der Waals surface area contributed by atoms with Crippen LogP contribution in [0.2, 0.25) is 0 Å². The highest BCUT2D eigenvalue weighted by molar-refractivity contribution is 5.78. The van der Waals surface area contributed by atoms with E-state index in [1.54, 1.807) is 12.1 Å². The van der Waals surface area contributed by atoms with E-state index in [4.69, 9.17) is 10.8 Å². The zero-order valence-corrected chi connectivity index (χ0v) is 10.2. The van der Waals surface area contributed by atoms with Crippen LogP contribution in [0.5, 0.6) is 0 Å². The number of benzene rings is 1. The van der Waals surface area contributed by atoms with Gasteiger partial charge in [-0.25, -0.2) is 0 Å². The first kappa shape index (κ1) is 14.0. The highest BCUT2D eigenvalue weighted by Gasteiger charge is 2.03. The van der Waals surface area contributed by atoms with Gasteiger partial charge in [0.15, 0.2) is 0 Å². The summed E-state index contributed by atoms with van der Waals surface area (Å²) in [5, 5.41) is 11.2. The number of amides is 1. The molecule has 1 amide bonds. The Bertz CT molecular complexity index is 401. The molecule has 0 saturated carbocycles. The molecule has 0 aromatic heterocycles. The third-order valence-electron chi connectivity index (χ3n) is 2.48. The zero-order valence-electron chi connectivity index (χ0n) is 10.2. The molecule has 98 valence electrons. The molecule has 0 unspecified atom stereocenters. The molecule has 0 aliphatic heterocycles. The number of carboxylic acid groups (broad SMARTS) is 1. The Hall–Kier alpha value is -2.04. The molecule has 5 heteroatoms. The summed E-state index contributed by atoms with van der Waals surface area (Å²) in [5.41, 5.74) is 7.13. The van der Waals surface area contributed by atoms with E-state index >= 15 is 0 Å². The van der Waals surface area contributed by atoms with Crippen molar-refractivity contribution in [1.29, 1.82) is 0 Å². The Kier molecular flexibility index (Phi) is 5.70. The van der Waals surface area contributed by atoms with Gasteiger partial charge in [0, 0.05) is 18.7 Å². The minimum absolute atomic E-state index is 0.0601. The van der Waals surface area contributed by atoms with E-state index in [9.17, 15) is 9.59 Å². The Morgan fingerprint density at radius 3 is 2.44 bits per heavy atom. The topological polar surface area (TPSA) is 92.4 Å². The van der Waals surface area contributed by atoms with Gasteiger partial charge in [0.1, 0.15) is 0 Å². The summed E-state index contributed by atoms with van der Waals surface area (Å²) >= 11 is 0. The van der Waals surface area contributed by atoms with Gasteiger partial charge in [0.25, 0.3) is 0 Å². The van der Waals surface area contributed by atoms with Crippen LogP contribution in [0.25, 0.3) is 0 Å². The summed E-state index contributed by atoms with van der Waals surface area (Å²) in [5.74, 6) is -0.863. The van der Waals surface area contributed by atoms with Crippen molar-refractivity contribution in [2.24, 2.45) is 0 Å².